The fraction of sp³-hybridized carbons (Fsp3) is 0.652. The third-order valence-corrected chi connectivity index (χ3v) is 4.77. The van der Waals surface area contributed by atoms with Gasteiger partial charge in [-0.2, -0.15) is 0 Å². The van der Waals surface area contributed by atoms with Gasteiger partial charge in [-0.15, -0.1) is 0 Å². The zero-order valence-corrected chi connectivity index (χ0v) is 17.3. The monoisotopic (exact) mass is 393 g/mol. The van der Waals surface area contributed by atoms with Gasteiger partial charge in [0.15, 0.2) is 0 Å². The molecule has 0 aliphatic heterocycles. The molecule has 0 heterocycles. The maximum atomic E-state index is 13.5. The first-order chi connectivity index (χ1) is 13.6. The van der Waals surface area contributed by atoms with Crippen molar-refractivity contribution < 1.29 is 18.7 Å². The highest BCUT2D eigenvalue weighted by molar-refractivity contribution is 5.96. The van der Waals surface area contributed by atoms with Crippen molar-refractivity contribution in [1.29, 1.82) is 0 Å². The van der Waals surface area contributed by atoms with Gasteiger partial charge < -0.3 is 10.1 Å². The Balaban J connectivity index is 1.92. The predicted octanol–water partition coefficient (Wildman–Crippen LogP) is 5.80. The van der Waals surface area contributed by atoms with Crippen molar-refractivity contribution in [3.05, 3.63) is 35.6 Å². The summed E-state index contributed by atoms with van der Waals surface area (Å²) in [6.07, 6.45) is 15.0. The van der Waals surface area contributed by atoms with Gasteiger partial charge in [0.05, 0.1) is 12.2 Å². The van der Waals surface area contributed by atoms with Crippen LogP contribution in [0.15, 0.2) is 24.3 Å². The number of hydrogen-bond acceptors (Lipinski definition) is 3. The van der Waals surface area contributed by atoms with Crippen LogP contribution in [-0.4, -0.2) is 25.0 Å². The van der Waals surface area contributed by atoms with E-state index in [2.05, 4.69) is 12.2 Å². The standard InChI is InChI=1S/C23H36FNO3/c1-2-3-4-5-6-7-8-9-10-11-12-15-18-28-22(26)19-25-23(27)20-16-13-14-17-21(20)24/h13-14,16-17H,2-12,15,18-19H2,1H3,(H,25,27). The summed E-state index contributed by atoms with van der Waals surface area (Å²) in [5.74, 6) is -1.71. The van der Waals surface area contributed by atoms with Crippen molar-refractivity contribution in [2.45, 2.75) is 84.0 Å². The zero-order valence-electron chi connectivity index (χ0n) is 17.3. The van der Waals surface area contributed by atoms with Gasteiger partial charge in [-0.1, -0.05) is 89.7 Å². The average Bonchev–Trinajstić information content (AvgIpc) is 2.70. The minimum absolute atomic E-state index is 0.0729. The first-order valence-corrected chi connectivity index (χ1v) is 10.8. The highest BCUT2D eigenvalue weighted by atomic mass is 19.1. The molecule has 1 aromatic rings. The quantitative estimate of drug-likeness (QED) is 0.285. The van der Waals surface area contributed by atoms with Crippen LogP contribution < -0.4 is 5.32 Å². The summed E-state index contributed by atoms with van der Waals surface area (Å²) in [4.78, 5) is 23.4. The number of amides is 1. The third-order valence-electron chi connectivity index (χ3n) is 4.77. The zero-order chi connectivity index (χ0) is 20.5. The second kappa shape index (κ2) is 16.1. The fourth-order valence-corrected chi connectivity index (χ4v) is 3.07. The van der Waals surface area contributed by atoms with E-state index in [0.717, 1.165) is 19.3 Å². The lowest BCUT2D eigenvalue weighted by molar-refractivity contribution is -0.142. The number of esters is 1. The number of halogens is 1. The molecule has 4 nitrogen and oxygen atoms in total. The fourth-order valence-electron chi connectivity index (χ4n) is 3.07. The molecule has 0 saturated heterocycles. The van der Waals surface area contributed by atoms with Crippen LogP contribution in [0.5, 0.6) is 0 Å². The second-order valence-electron chi connectivity index (χ2n) is 7.27. The van der Waals surface area contributed by atoms with Gasteiger partial charge in [-0.3, -0.25) is 9.59 Å². The van der Waals surface area contributed by atoms with E-state index in [1.807, 2.05) is 0 Å². The van der Waals surface area contributed by atoms with Crippen LogP contribution in [0.4, 0.5) is 4.39 Å². The van der Waals surface area contributed by atoms with E-state index in [4.69, 9.17) is 4.74 Å². The highest BCUT2D eigenvalue weighted by Crippen LogP contribution is 2.12. The largest absolute Gasteiger partial charge is 0.464 e. The first kappa shape index (κ1) is 24.1. The molecule has 28 heavy (non-hydrogen) atoms. The lowest BCUT2D eigenvalue weighted by atomic mass is 10.1. The lowest BCUT2D eigenvalue weighted by Gasteiger charge is -2.07. The normalized spacial score (nSPS) is 10.6. The highest BCUT2D eigenvalue weighted by Gasteiger charge is 2.12. The Morgan fingerprint density at radius 2 is 1.39 bits per heavy atom. The molecule has 0 fully saturated rings. The summed E-state index contributed by atoms with van der Waals surface area (Å²) < 4.78 is 18.6. The molecule has 0 aliphatic rings. The maximum Gasteiger partial charge on any atom is 0.325 e. The van der Waals surface area contributed by atoms with Gasteiger partial charge >= 0.3 is 5.97 Å². The summed E-state index contributed by atoms with van der Waals surface area (Å²) in [6.45, 7) is 2.37. The van der Waals surface area contributed by atoms with Gasteiger partial charge in [0.1, 0.15) is 12.4 Å². The van der Waals surface area contributed by atoms with Gasteiger partial charge in [-0.25, -0.2) is 4.39 Å². The van der Waals surface area contributed by atoms with E-state index < -0.39 is 17.7 Å². The van der Waals surface area contributed by atoms with Crippen LogP contribution in [0, 0.1) is 5.82 Å². The minimum atomic E-state index is -0.611. The molecule has 0 saturated carbocycles. The number of hydrogen-bond donors (Lipinski definition) is 1. The van der Waals surface area contributed by atoms with Gasteiger partial charge in [0.2, 0.25) is 0 Å². The molecule has 0 aromatic heterocycles. The number of nitrogens with one attached hydrogen (secondary N) is 1. The molecular formula is C23H36FNO3. The molecule has 1 rings (SSSR count). The molecule has 5 heteroatoms. The van der Waals surface area contributed by atoms with Gasteiger partial charge in [-0.05, 0) is 18.6 Å². The molecular weight excluding hydrogens is 357 g/mol. The van der Waals surface area contributed by atoms with Crippen molar-refractivity contribution in [3.63, 3.8) is 0 Å². The number of ether oxygens (including phenoxy) is 1. The van der Waals surface area contributed by atoms with Crippen LogP contribution in [0.3, 0.4) is 0 Å². The molecule has 1 N–H and O–H groups in total. The molecule has 1 amide bonds. The van der Waals surface area contributed by atoms with Crippen LogP contribution in [0.1, 0.15) is 94.3 Å². The van der Waals surface area contributed by atoms with Crippen LogP contribution in [0.25, 0.3) is 0 Å². The van der Waals surface area contributed by atoms with Gasteiger partial charge in [0.25, 0.3) is 5.91 Å². The molecule has 0 aliphatic carbocycles. The van der Waals surface area contributed by atoms with E-state index in [-0.39, 0.29) is 12.1 Å². The Labute approximate surface area is 169 Å². The number of carbonyl (C=O) groups is 2. The van der Waals surface area contributed by atoms with E-state index >= 15 is 0 Å². The second-order valence-corrected chi connectivity index (χ2v) is 7.27. The summed E-state index contributed by atoms with van der Waals surface area (Å²) in [5, 5.41) is 2.38. The molecule has 0 spiro atoms. The predicted molar refractivity (Wildman–Crippen MR) is 111 cm³/mol. The topological polar surface area (TPSA) is 55.4 Å². The number of rotatable bonds is 16. The molecule has 0 radical (unpaired) electrons. The Kier molecular flexibility index (Phi) is 13.9. The Morgan fingerprint density at radius 1 is 0.857 bits per heavy atom. The van der Waals surface area contributed by atoms with Crippen LogP contribution in [0.2, 0.25) is 0 Å². The molecule has 1 aromatic carbocycles. The number of unbranched alkanes of at least 4 members (excludes halogenated alkanes) is 11. The Hall–Kier alpha value is -1.91. The van der Waals surface area contributed by atoms with Crippen LogP contribution in [-0.2, 0) is 9.53 Å². The first-order valence-electron chi connectivity index (χ1n) is 10.8. The smallest absolute Gasteiger partial charge is 0.325 e. The van der Waals surface area contributed by atoms with Crippen molar-refractivity contribution in [3.8, 4) is 0 Å². The van der Waals surface area contributed by atoms with Crippen molar-refractivity contribution >= 4 is 11.9 Å². The summed E-state index contributed by atoms with van der Waals surface area (Å²) in [5.41, 5.74) is -0.0729. The maximum absolute atomic E-state index is 13.5. The van der Waals surface area contributed by atoms with Crippen molar-refractivity contribution in [1.82, 2.24) is 5.32 Å². The molecule has 158 valence electrons. The van der Waals surface area contributed by atoms with E-state index in [1.54, 1.807) is 6.07 Å². The molecule has 0 atom stereocenters. The molecule has 0 bridgehead atoms. The van der Waals surface area contributed by atoms with E-state index in [1.165, 1.54) is 76.0 Å². The Bertz CT molecular complexity index is 563. The summed E-state index contributed by atoms with van der Waals surface area (Å²) >= 11 is 0. The summed E-state index contributed by atoms with van der Waals surface area (Å²) in [6, 6.07) is 5.67. The lowest BCUT2D eigenvalue weighted by Crippen LogP contribution is -2.31. The minimum Gasteiger partial charge on any atom is -0.464 e. The molecule has 0 unspecified atom stereocenters. The van der Waals surface area contributed by atoms with Crippen molar-refractivity contribution in [2.75, 3.05) is 13.2 Å². The summed E-state index contributed by atoms with van der Waals surface area (Å²) in [7, 11) is 0. The number of benzene rings is 1. The van der Waals surface area contributed by atoms with Crippen LogP contribution >= 0.6 is 0 Å². The SMILES string of the molecule is CCCCCCCCCCCCCCOC(=O)CNC(=O)c1ccccc1F. The van der Waals surface area contributed by atoms with Gasteiger partial charge in [0, 0.05) is 0 Å². The third kappa shape index (κ3) is 11.7. The average molecular weight is 394 g/mol. The van der Waals surface area contributed by atoms with E-state index in [9.17, 15) is 14.0 Å². The van der Waals surface area contributed by atoms with E-state index in [0.29, 0.717) is 6.61 Å². The Morgan fingerprint density at radius 3 is 1.96 bits per heavy atom. The number of carbonyl (C=O) groups excluding carboxylic acids is 2. The van der Waals surface area contributed by atoms with Crippen molar-refractivity contribution in [2.24, 2.45) is 0 Å².